The fraction of sp³-hybridized carbons (Fsp3) is 0. The molecule has 4 heteroatoms. The van der Waals surface area contributed by atoms with Crippen LogP contribution in [0.5, 0.6) is 0 Å². The molecule has 0 N–H and O–H groups in total. The third-order valence-corrected chi connectivity index (χ3v) is 9.67. The lowest BCUT2D eigenvalue weighted by atomic mass is 10.0. The van der Waals surface area contributed by atoms with Crippen molar-refractivity contribution in [2.75, 3.05) is 0 Å². The Morgan fingerprint density at radius 3 is 1.80 bits per heavy atom. The highest BCUT2D eigenvalue weighted by molar-refractivity contribution is 7.26. The van der Waals surface area contributed by atoms with Gasteiger partial charge in [-0.25, -0.2) is 9.97 Å². The molecular weight excluding hydrogens is 555 g/mol. The number of para-hydroxylation sites is 2. The van der Waals surface area contributed by atoms with Crippen molar-refractivity contribution in [3.8, 4) is 39.6 Å². The predicted molar refractivity (Wildman–Crippen MR) is 186 cm³/mol. The fourth-order valence-corrected chi connectivity index (χ4v) is 7.59. The molecule has 9 aromatic rings. The van der Waals surface area contributed by atoms with E-state index in [2.05, 4.69) is 150 Å². The zero-order chi connectivity index (χ0) is 29.0. The molecule has 0 bridgehead atoms. The molecule has 3 nitrogen and oxygen atoms in total. The van der Waals surface area contributed by atoms with E-state index in [1.165, 1.54) is 42.1 Å². The summed E-state index contributed by atoms with van der Waals surface area (Å²) in [6.07, 6.45) is 0. The molecule has 0 amide bonds. The Labute approximate surface area is 258 Å². The van der Waals surface area contributed by atoms with E-state index >= 15 is 0 Å². The summed E-state index contributed by atoms with van der Waals surface area (Å²) in [5.41, 5.74) is 7.63. The first-order valence-electron chi connectivity index (χ1n) is 14.8. The number of hydrogen-bond donors (Lipinski definition) is 0. The molecule has 0 aliphatic rings. The van der Waals surface area contributed by atoms with E-state index < -0.39 is 0 Å². The number of nitrogens with zero attached hydrogens (tertiary/aromatic N) is 3. The van der Waals surface area contributed by atoms with Crippen LogP contribution in [0.15, 0.2) is 152 Å². The lowest BCUT2D eigenvalue weighted by molar-refractivity contribution is 1.05. The van der Waals surface area contributed by atoms with Gasteiger partial charge in [-0.2, -0.15) is 0 Å². The molecule has 6 aromatic carbocycles. The van der Waals surface area contributed by atoms with Crippen LogP contribution in [0.3, 0.4) is 0 Å². The second-order valence-corrected chi connectivity index (χ2v) is 12.1. The van der Waals surface area contributed by atoms with E-state index in [4.69, 9.17) is 9.97 Å². The zero-order valence-corrected chi connectivity index (χ0v) is 24.5. The first-order chi connectivity index (χ1) is 21.8. The standard InChI is InChI=1S/C40H25N3S/c1-2-11-26(12-3-1)27-21-23-28(24-22-27)34-25-38(43-35-18-7-4-13-29(35)30-14-5-8-19-36(30)43)42-40(41-34)33-17-10-16-32-31-15-6-9-20-37(31)44-39(32)33/h1-25H. The summed E-state index contributed by atoms with van der Waals surface area (Å²) >= 11 is 1.81. The second-order valence-electron chi connectivity index (χ2n) is 11.0. The van der Waals surface area contributed by atoms with Crippen molar-refractivity contribution in [3.63, 3.8) is 0 Å². The molecule has 0 saturated carbocycles. The monoisotopic (exact) mass is 579 g/mol. The van der Waals surface area contributed by atoms with Crippen LogP contribution in [0.1, 0.15) is 0 Å². The van der Waals surface area contributed by atoms with Crippen LogP contribution >= 0.6 is 11.3 Å². The van der Waals surface area contributed by atoms with Crippen LogP contribution in [-0.4, -0.2) is 14.5 Å². The van der Waals surface area contributed by atoms with Crippen molar-refractivity contribution >= 4 is 53.3 Å². The third-order valence-electron chi connectivity index (χ3n) is 8.45. The molecule has 0 radical (unpaired) electrons. The van der Waals surface area contributed by atoms with Gasteiger partial charge >= 0.3 is 0 Å². The lowest BCUT2D eigenvalue weighted by Crippen LogP contribution is -2.02. The Kier molecular flexibility index (Phi) is 5.68. The normalized spacial score (nSPS) is 11.6. The number of rotatable bonds is 4. The van der Waals surface area contributed by atoms with Gasteiger partial charge in [0.1, 0.15) is 5.82 Å². The van der Waals surface area contributed by atoms with Crippen molar-refractivity contribution in [3.05, 3.63) is 152 Å². The average Bonchev–Trinajstić information content (AvgIpc) is 3.65. The summed E-state index contributed by atoms with van der Waals surface area (Å²) in [7, 11) is 0. The van der Waals surface area contributed by atoms with Crippen LogP contribution in [0.2, 0.25) is 0 Å². The maximum atomic E-state index is 5.32. The molecular formula is C40H25N3S. The van der Waals surface area contributed by atoms with Gasteiger partial charge in [0.15, 0.2) is 5.82 Å². The summed E-state index contributed by atoms with van der Waals surface area (Å²) in [5, 5.41) is 4.93. The van der Waals surface area contributed by atoms with E-state index in [1.54, 1.807) is 11.3 Å². The van der Waals surface area contributed by atoms with Gasteiger partial charge in [-0.05, 0) is 35.4 Å². The number of hydrogen-bond acceptors (Lipinski definition) is 3. The molecule has 3 aromatic heterocycles. The van der Waals surface area contributed by atoms with Crippen LogP contribution in [0.4, 0.5) is 0 Å². The predicted octanol–water partition coefficient (Wildman–Crippen LogP) is 10.9. The molecule has 0 atom stereocenters. The van der Waals surface area contributed by atoms with Crippen LogP contribution in [0, 0.1) is 0 Å². The summed E-state index contributed by atoms with van der Waals surface area (Å²) in [6, 6.07) is 53.6. The van der Waals surface area contributed by atoms with Crippen molar-refractivity contribution in [1.29, 1.82) is 0 Å². The van der Waals surface area contributed by atoms with Gasteiger partial charge in [-0.1, -0.05) is 121 Å². The van der Waals surface area contributed by atoms with E-state index in [0.29, 0.717) is 0 Å². The number of fused-ring (bicyclic) bond motifs is 6. The lowest BCUT2D eigenvalue weighted by Gasteiger charge is -2.13. The van der Waals surface area contributed by atoms with Gasteiger partial charge < -0.3 is 0 Å². The summed E-state index contributed by atoms with van der Waals surface area (Å²) in [4.78, 5) is 10.6. The molecule has 44 heavy (non-hydrogen) atoms. The summed E-state index contributed by atoms with van der Waals surface area (Å²) in [5.74, 6) is 1.58. The van der Waals surface area contributed by atoms with Crippen LogP contribution in [0.25, 0.3) is 81.6 Å². The van der Waals surface area contributed by atoms with Gasteiger partial charge in [0, 0.05) is 48.1 Å². The van der Waals surface area contributed by atoms with E-state index in [1.807, 2.05) is 6.07 Å². The molecule has 206 valence electrons. The van der Waals surface area contributed by atoms with Gasteiger partial charge in [-0.15, -0.1) is 11.3 Å². The molecule has 0 saturated heterocycles. The van der Waals surface area contributed by atoms with Crippen molar-refractivity contribution in [2.45, 2.75) is 0 Å². The van der Waals surface area contributed by atoms with Crippen LogP contribution < -0.4 is 0 Å². The number of aromatic nitrogens is 3. The van der Waals surface area contributed by atoms with Crippen molar-refractivity contribution in [2.24, 2.45) is 0 Å². The van der Waals surface area contributed by atoms with Crippen molar-refractivity contribution in [1.82, 2.24) is 14.5 Å². The van der Waals surface area contributed by atoms with Gasteiger partial charge in [0.2, 0.25) is 0 Å². The maximum Gasteiger partial charge on any atom is 0.163 e. The smallest absolute Gasteiger partial charge is 0.163 e. The minimum Gasteiger partial charge on any atom is -0.294 e. The Balaban J connectivity index is 1.31. The highest BCUT2D eigenvalue weighted by Crippen LogP contribution is 2.40. The SMILES string of the molecule is c1ccc(-c2ccc(-c3cc(-n4c5ccccc5c5ccccc54)nc(-c4cccc5c4sc4ccccc45)n3)cc2)cc1. The zero-order valence-electron chi connectivity index (χ0n) is 23.7. The molecule has 0 fully saturated rings. The van der Waals surface area contributed by atoms with Gasteiger partial charge in [-0.3, -0.25) is 4.57 Å². The Morgan fingerprint density at radius 1 is 0.455 bits per heavy atom. The molecule has 3 heterocycles. The Hall–Kier alpha value is -5.58. The molecule has 0 spiro atoms. The Morgan fingerprint density at radius 2 is 1.05 bits per heavy atom. The first kappa shape index (κ1) is 25.0. The molecule has 0 aliphatic carbocycles. The van der Waals surface area contributed by atoms with Gasteiger partial charge in [0.25, 0.3) is 0 Å². The quantitative estimate of drug-likeness (QED) is 0.208. The largest absolute Gasteiger partial charge is 0.294 e. The van der Waals surface area contributed by atoms with Crippen molar-refractivity contribution < 1.29 is 0 Å². The molecule has 0 unspecified atom stereocenters. The average molecular weight is 580 g/mol. The minimum atomic E-state index is 0.726. The van der Waals surface area contributed by atoms with E-state index in [0.717, 1.165) is 39.5 Å². The second kappa shape index (κ2) is 10.0. The summed E-state index contributed by atoms with van der Waals surface area (Å²) in [6.45, 7) is 0. The fourth-order valence-electron chi connectivity index (χ4n) is 6.37. The van der Waals surface area contributed by atoms with E-state index in [9.17, 15) is 0 Å². The number of benzene rings is 6. The summed E-state index contributed by atoms with van der Waals surface area (Å²) < 4.78 is 4.76. The third kappa shape index (κ3) is 3.96. The highest BCUT2D eigenvalue weighted by atomic mass is 32.1. The Bertz CT molecular complexity index is 2430. The first-order valence-corrected chi connectivity index (χ1v) is 15.6. The van der Waals surface area contributed by atoms with Crippen LogP contribution in [-0.2, 0) is 0 Å². The highest BCUT2D eigenvalue weighted by Gasteiger charge is 2.18. The molecule has 0 aliphatic heterocycles. The van der Waals surface area contributed by atoms with Gasteiger partial charge in [0.05, 0.1) is 16.7 Å². The number of thiophene rings is 1. The van der Waals surface area contributed by atoms with E-state index in [-0.39, 0.29) is 0 Å². The molecule has 9 rings (SSSR count). The minimum absolute atomic E-state index is 0.726. The maximum absolute atomic E-state index is 5.32. The topological polar surface area (TPSA) is 30.7 Å².